The van der Waals surface area contributed by atoms with Crippen LogP contribution in [-0.4, -0.2) is 23.8 Å². The van der Waals surface area contributed by atoms with Gasteiger partial charge in [-0.15, -0.1) is 0 Å². The summed E-state index contributed by atoms with van der Waals surface area (Å²) in [6.07, 6.45) is 3.81. The third-order valence-electron chi connectivity index (χ3n) is 4.47. The molecule has 4 heterocycles. The molecule has 4 aromatic heterocycles. The molecule has 6 rings (SSSR count). The van der Waals surface area contributed by atoms with E-state index in [1.54, 1.807) is 11.3 Å². The molecule has 0 amide bonds. The Bertz CT molecular complexity index is 1390. The lowest BCUT2D eigenvalue weighted by atomic mass is 10.2. The van der Waals surface area contributed by atoms with Crippen LogP contribution in [0, 0.1) is 0 Å². The van der Waals surface area contributed by atoms with Gasteiger partial charge in [-0.25, -0.2) is 15.0 Å². The number of hydrogen-bond donors (Lipinski definition) is 0. The first-order chi connectivity index (χ1) is 12.4. The van der Waals surface area contributed by atoms with Crippen LogP contribution in [0.5, 0.6) is 0 Å². The van der Waals surface area contributed by atoms with E-state index in [0.29, 0.717) is 0 Å². The van der Waals surface area contributed by atoms with E-state index in [1.807, 2.05) is 42.7 Å². The van der Waals surface area contributed by atoms with Crippen LogP contribution in [0.4, 0.5) is 0 Å². The molecular weight excluding hydrogens is 330 g/mol. The normalized spacial score (nSPS) is 12.0. The Morgan fingerprint density at radius 1 is 0.880 bits per heavy atom. The van der Waals surface area contributed by atoms with Gasteiger partial charge in [0.15, 0.2) is 16.1 Å². The molecule has 0 aliphatic rings. The monoisotopic (exact) mass is 341 g/mol. The van der Waals surface area contributed by atoms with Crippen molar-refractivity contribution in [2.45, 2.75) is 0 Å². The maximum Gasteiger partial charge on any atom is 0.221 e. The third kappa shape index (κ3) is 1.69. The van der Waals surface area contributed by atoms with Crippen LogP contribution in [0.15, 0.2) is 67.0 Å². The molecule has 0 aliphatic heterocycles. The van der Waals surface area contributed by atoms with E-state index in [2.05, 4.69) is 38.1 Å². The summed E-state index contributed by atoms with van der Waals surface area (Å²) < 4.78 is 4.22. The average molecular weight is 341 g/mol. The van der Waals surface area contributed by atoms with Crippen LogP contribution in [0.1, 0.15) is 0 Å². The van der Waals surface area contributed by atoms with Gasteiger partial charge in [0.2, 0.25) is 5.78 Å². The van der Waals surface area contributed by atoms with Crippen molar-refractivity contribution in [3.05, 3.63) is 67.0 Å². The largest absolute Gasteiger partial charge is 0.285 e. The second-order valence-electron chi connectivity index (χ2n) is 5.90. The molecule has 0 aliphatic carbocycles. The van der Waals surface area contributed by atoms with E-state index in [0.717, 1.165) is 43.4 Å². The van der Waals surface area contributed by atoms with E-state index in [9.17, 15) is 0 Å². The van der Waals surface area contributed by atoms with Crippen molar-refractivity contribution in [1.82, 2.24) is 23.8 Å². The summed E-state index contributed by atoms with van der Waals surface area (Å²) >= 11 is 1.65. The highest BCUT2D eigenvalue weighted by Gasteiger charge is 2.18. The van der Waals surface area contributed by atoms with Crippen molar-refractivity contribution in [1.29, 1.82) is 0 Å². The van der Waals surface area contributed by atoms with Gasteiger partial charge in [0.05, 0.1) is 5.52 Å². The molecule has 0 radical (unpaired) electrons. The predicted octanol–water partition coefficient (Wildman–Crippen LogP) is 4.41. The van der Waals surface area contributed by atoms with Crippen LogP contribution in [0.2, 0.25) is 0 Å². The summed E-state index contributed by atoms with van der Waals surface area (Å²) in [6, 6.07) is 18.5. The van der Waals surface area contributed by atoms with Gasteiger partial charge in [-0.3, -0.25) is 8.80 Å². The first-order valence-corrected chi connectivity index (χ1v) is 8.80. The average Bonchev–Trinajstić information content (AvgIpc) is 3.36. The second-order valence-corrected chi connectivity index (χ2v) is 6.88. The van der Waals surface area contributed by atoms with E-state index >= 15 is 0 Å². The molecule has 0 fully saturated rings. The van der Waals surface area contributed by atoms with Crippen LogP contribution < -0.4 is 0 Å². The number of rotatable bonds is 1. The smallest absolute Gasteiger partial charge is 0.221 e. The van der Waals surface area contributed by atoms with Crippen molar-refractivity contribution in [2.75, 3.05) is 0 Å². The summed E-state index contributed by atoms with van der Waals surface area (Å²) in [6.45, 7) is 0. The fourth-order valence-corrected chi connectivity index (χ4v) is 4.37. The number of nitrogens with zero attached hydrogens (tertiary/aromatic N) is 5. The van der Waals surface area contributed by atoms with Crippen LogP contribution >= 0.6 is 11.3 Å². The Morgan fingerprint density at radius 3 is 2.64 bits per heavy atom. The van der Waals surface area contributed by atoms with Crippen molar-refractivity contribution in [3.63, 3.8) is 0 Å². The standard InChI is InChI=1S/C19H11N5S/c1-2-6-12(7-3-1)17-22-15-18(25-17)24-16(21-15)13-8-4-5-9-14(13)23-11-10-20-19(23)24/h1-11H. The third-order valence-corrected chi connectivity index (χ3v) is 5.54. The summed E-state index contributed by atoms with van der Waals surface area (Å²) in [7, 11) is 0. The molecule has 0 saturated carbocycles. The van der Waals surface area contributed by atoms with Crippen molar-refractivity contribution >= 4 is 44.1 Å². The summed E-state index contributed by atoms with van der Waals surface area (Å²) in [5, 5.41) is 2.07. The number of aromatic nitrogens is 5. The summed E-state index contributed by atoms with van der Waals surface area (Å²) in [5.74, 6) is 0.861. The Labute approximate surface area is 145 Å². The van der Waals surface area contributed by atoms with E-state index < -0.39 is 0 Å². The minimum atomic E-state index is 0.769. The molecule has 25 heavy (non-hydrogen) atoms. The molecule has 6 heteroatoms. The number of hydrogen-bond acceptors (Lipinski definition) is 4. The van der Waals surface area contributed by atoms with Gasteiger partial charge >= 0.3 is 0 Å². The number of imidazole rings is 2. The van der Waals surface area contributed by atoms with Gasteiger partial charge in [0.25, 0.3) is 0 Å². The number of para-hydroxylation sites is 1. The Hall–Kier alpha value is -3.25. The van der Waals surface area contributed by atoms with Crippen molar-refractivity contribution in [3.8, 4) is 10.6 Å². The molecule has 0 atom stereocenters. The minimum absolute atomic E-state index is 0.769. The van der Waals surface area contributed by atoms with E-state index in [-0.39, 0.29) is 0 Å². The lowest BCUT2D eigenvalue weighted by Crippen LogP contribution is -1.96. The molecule has 0 unspecified atom stereocenters. The lowest BCUT2D eigenvalue weighted by molar-refractivity contribution is 1.13. The van der Waals surface area contributed by atoms with Crippen LogP contribution in [0.25, 0.3) is 43.4 Å². The highest BCUT2D eigenvalue weighted by molar-refractivity contribution is 7.21. The molecule has 118 valence electrons. The first kappa shape index (κ1) is 13.1. The molecule has 0 bridgehead atoms. The van der Waals surface area contributed by atoms with Crippen molar-refractivity contribution < 1.29 is 0 Å². The second kappa shape index (κ2) is 4.64. The highest BCUT2D eigenvalue weighted by Crippen LogP contribution is 2.33. The molecule has 6 aromatic rings. The zero-order valence-corrected chi connectivity index (χ0v) is 13.8. The van der Waals surface area contributed by atoms with Gasteiger partial charge in [0.1, 0.15) is 5.01 Å². The lowest BCUT2D eigenvalue weighted by Gasteiger charge is -2.05. The maximum atomic E-state index is 4.83. The van der Waals surface area contributed by atoms with Gasteiger partial charge in [-0.1, -0.05) is 53.8 Å². The highest BCUT2D eigenvalue weighted by atomic mass is 32.1. The summed E-state index contributed by atoms with van der Waals surface area (Å²) in [4.78, 5) is 15.2. The molecule has 0 N–H and O–H groups in total. The number of benzene rings is 2. The van der Waals surface area contributed by atoms with Gasteiger partial charge < -0.3 is 0 Å². The topological polar surface area (TPSA) is 47.5 Å². The van der Waals surface area contributed by atoms with Gasteiger partial charge in [0, 0.05) is 23.3 Å². The zero-order valence-electron chi connectivity index (χ0n) is 13.0. The van der Waals surface area contributed by atoms with Crippen LogP contribution in [-0.2, 0) is 0 Å². The number of thiazole rings is 1. The number of fused-ring (bicyclic) bond motifs is 8. The quantitative estimate of drug-likeness (QED) is 0.445. The zero-order chi connectivity index (χ0) is 16.4. The van der Waals surface area contributed by atoms with Gasteiger partial charge in [-0.2, -0.15) is 0 Å². The summed E-state index contributed by atoms with van der Waals surface area (Å²) in [5.41, 5.74) is 3.88. The SMILES string of the molecule is c1ccc(-c2nc3nc4c5ccccc5n5ccnc5n4c3s2)cc1. The Morgan fingerprint density at radius 2 is 1.72 bits per heavy atom. The maximum absolute atomic E-state index is 4.83. The molecule has 0 saturated heterocycles. The van der Waals surface area contributed by atoms with Crippen molar-refractivity contribution in [2.24, 2.45) is 0 Å². The fourth-order valence-electron chi connectivity index (χ4n) is 3.36. The minimum Gasteiger partial charge on any atom is -0.285 e. The van der Waals surface area contributed by atoms with E-state index in [1.165, 1.54) is 0 Å². The van der Waals surface area contributed by atoms with Crippen LogP contribution in [0.3, 0.4) is 0 Å². The predicted molar refractivity (Wildman–Crippen MR) is 100 cm³/mol. The Kier molecular flexibility index (Phi) is 2.43. The fraction of sp³-hybridized carbons (Fsp3) is 0. The molecule has 0 spiro atoms. The first-order valence-electron chi connectivity index (χ1n) is 7.98. The molecule has 5 nitrogen and oxygen atoms in total. The van der Waals surface area contributed by atoms with E-state index in [4.69, 9.17) is 9.97 Å². The molecule has 2 aromatic carbocycles. The van der Waals surface area contributed by atoms with Gasteiger partial charge in [-0.05, 0) is 12.1 Å². The Balaban J connectivity index is 1.80. The molecular formula is C19H11N5S.